The highest BCUT2D eigenvalue weighted by Crippen LogP contribution is 2.29. The summed E-state index contributed by atoms with van der Waals surface area (Å²) in [6.45, 7) is 4.49. The normalized spacial score (nSPS) is 21.5. The number of benzene rings is 2. The van der Waals surface area contributed by atoms with Crippen molar-refractivity contribution in [1.29, 1.82) is 0 Å². The summed E-state index contributed by atoms with van der Waals surface area (Å²) in [5, 5.41) is 0. The number of rotatable bonds is 8. The molecule has 3 aliphatic rings. The molecule has 204 valence electrons. The fraction of sp³-hybridized carbons (Fsp3) is 0.500. The predicted molar refractivity (Wildman–Crippen MR) is 149 cm³/mol. The Morgan fingerprint density at radius 2 is 1.16 bits per heavy atom. The summed E-state index contributed by atoms with van der Waals surface area (Å²) >= 11 is 7.07. The molecule has 3 aliphatic heterocycles. The molecule has 2 atom stereocenters. The van der Waals surface area contributed by atoms with Crippen LogP contribution in [0.1, 0.15) is 46.4 Å². The van der Waals surface area contributed by atoms with E-state index < -0.39 is 0 Å². The summed E-state index contributed by atoms with van der Waals surface area (Å²) < 4.78 is 24.4. The van der Waals surface area contributed by atoms with Gasteiger partial charge < -0.3 is 28.7 Å². The first-order chi connectivity index (χ1) is 18.5. The highest BCUT2D eigenvalue weighted by molar-refractivity contribution is 9.10. The third-order valence-corrected chi connectivity index (χ3v) is 8.35. The number of carbonyl (C=O) groups excluding carboxylic acids is 2. The summed E-state index contributed by atoms with van der Waals surface area (Å²) in [6, 6.07) is 10.8. The lowest BCUT2D eigenvalue weighted by atomic mass is 10.1. The third-order valence-electron chi connectivity index (χ3n) is 7.11. The van der Waals surface area contributed by atoms with Crippen LogP contribution in [0.2, 0.25) is 0 Å². The van der Waals surface area contributed by atoms with Crippen LogP contribution in [-0.2, 0) is 9.47 Å². The lowest BCUT2D eigenvalue weighted by Gasteiger charge is -2.35. The van der Waals surface area contributed by atoms with E-state index in [4.69, 9.17) is 18.9 Å². The Kier molecular flexibility index (Phi) is 9.24. The molecule has 2 unspecified atom stereocenters. The molecule has 0 N–H and O–H groups in total. The summed E-state index contributed by atoms with van der Waals surface area (Å²) in [5.41, 5.74) is 1.17. The highest BCUT2D eigenvalue weighted by atomic mass is 79.9. The van der Waals surface area contributed by atoms with Crippen LogP contribution in [0.5, 0.6) is 11.5 Å². The molecular formula is C28H32Br2N2O6. The van der Waals surface area contributed by atoms with Gasteiger partial charge in [-0.05, 0) is 93.9 Å². The van der Waals surface area contributed by atoms with E-state index in [2.05, 4.69) is 31.9 Å². The van der Waals surface area contributed by atoms with E-state index in [-0.39, 0.29) is 24.0 Å². The van der Waals surface area contributed by atoms with Crippen molar-refractivity contribution in [3.63, 3.8) is 0 Å². The molecule has 8 nitrogen and oxygen atoms in total. The Labute approximate surface area is 239 Å². The Hall–Kier alpha value is -2.14. The number of ether oxygens (including phenoxy) is 4. The number of hydrogen-bond donors (Lipinski definition) is 0. The van der Waals surface area contributed by atoms with Gasteiger partial charge in [0.1, 0.15) is 24.7 Å². The number of carbonyl (C=O) groups is 2. The van der Waals surface area contributed by atoms with E-state index in [1.54, 1.807) is 34.1 Å². The van der Waals surface area contributed by atoms with E-state index >= 15 is 0 Å². The molecule has 0 radical (unpaired) electrons. The monoisotopic (exact) mass is 650 g/mol. The van der Waals surface area contributed by atoms with Gasteiger partial charge in [-0.1, -0.05) is 0 Å². The molecule has 0 aliphatic carbocycles. The highest BCUT2D eigenvalue weighted by Gasteiger charge is 2.27. The number of halogens is 2. The maximum atomic E-state index is 13.1. The van der Waals surface area contributed by atoms with Gasteiger partial charge in [0.15, 0.2) is 0 Å². The predicted octanol–water partition coefficient (Wildman–Crippen LogP) is 4.93. The average molecular weight is 652 g/mol. The molecule has 0 spiro atoms. The minimum absolute atomic E-state index is 0.0565. The van der Waals surface area contributed by atoms with Crippen molar-refractivity contribution in [1.82, 2.24) is 9.80 Å². The van der Waals surface area contributed by atoms with Crippen molar-refractivity contribution >= 4 is 43.7 Å². The van der Waals surface area contributed by atoms with Crippen molar-refractivity contribution in [2.45, 2.75) is 37.9 Å². The first-order valence-electron chi connectivity index (χ1n) is 13.1. The summed E-state index contributed by atoms with van der Waals surface area (Å²) in [5.74, 6) is 1.28. The van der Waals surface area contributed by atoms with E-state index in [0.717, 1.165) is 47.8 Å². The fourth-order valence-corrected chi connectivity index (χ4v) is 5.88. The van der Waals surface area contributed by atoms with Gasteiger partial charge in [0.25, 0.3) is 11.8 Å². The molecular weight excluding hydrogens is 620 g/mol. The first-order valence-corrected chi connectivity index (χ1v) is 14.7. The molecule has 0 aromatic heterocycles. The number of hydrogen-bond acceptors (Lipinski definition) is 6. The Morgan fingerprint density at radius 1 is 0.737 bits per heavy atom. The Balaban J connectivity index is 1.12. The smallest absolute Gasteiger partial charge is 0.254 e. The van der Waals surface area contributed by atoms with Crippen molar-refractivity contribution in [2.24, 2.45) is 0 Å². The second-order valence-electron chi connectivity index (χ2n) is 9.77. The summed E-state index contributed by atoms with van der Waals surface area (Å²) in [4.78, 5) is 29.8. The minimum Gasteiger partial charge on any atom is -0.490 e. The van der Waals surface area contributed by atoms with Crippen molar-refractivity contribution < 1.29 is 28.5 Å². The Morgan fingerprint density at radius 3 is 1.50 bits per heavy atom. The van der Waals surface area contributed by atoms with E-state index in [9.17, 15) is 9.59 Å². The molecule has 0 bridgehead atoms. The number of amides is 2. The van der Waals surface area contributed by atoms with Gasteiger partial charge in [-0.15, -0.1) is 0 Å². The standard InChI is InChI=1S/C28H32Br2N2O6/c29-23-15-19(5-7-25(23)37-17-21-3-1-13-35-21)27(33)31-9-11-32(12-10-31)28(34)20-6-8-26(24(30)16-20)38-18-22-4-2-14-36-22/h5-8,15-16,21-22H,1-4,9-14,17-18H2. The topological polar surface area (TPSA) is 77.5 Å². The third kappa shape index (κ3) is 6.70. The lowest BCUT2D eigenvalue weighted by molar-refractivity contribution is 0.0535. The summed E-state index contributed by atoms with van der Waals surface area (Å²) in [7, 11) is 0. The molecule has 2 aromatic carbocycles. The maximum Gasteiger partial charge on any atom is 0.254 e. The zero-order chi connectivity index (χ0) is 26.5. The van der Waals surface area contributed by atoms with Crippen molar-refractivity contribution in [3.8, 4) is 11.5 Å². The van der Waals surface area contributed by atoms with Crippen LogP contribution in [-0.4, -0.2) is 86.4 Å². The lowest BCUT2D eigenvalue weighted by Crippen LogP contribution is -2.50. The van der Waals surface area contributed by atoms with Gasteiger partial charge in [-0.25, -0.2) is 0 Å². The van der Waals surface area contributed by atoms with Crippen LogP contribution in [0, 0.1) is 0 Å². The minimum atomic E-state index is -0.0565. The van der Waals surface area contributed by atoms with Crippen LogP contribution >= 0.6 is 31.9 Å². The van der Waals surface area contributed by atoms with Crippen LogP contribution in [0.3, 0.4) is 0 Å². The second-order valence-corrected chi connectivity index (χ2v) is 11.5. The van der Waals surface area contributed by atoms with Gasteiger partial charge in [0.05, 0.1) is 21.2 Å². The van der Waals surface area contributed by atoms with Crippen LogP contribution in [0.15, 0.2) is 45.3 Å². The zero-order valence-electron chi connectivity index (χ0n) is 21.2. The molecule has 10 heteroatoms. The molecule has 3 heterocycles. The Bertz CT molecular complexity index is 1050. The van der Waals surface area contributed by atoms with E-state index in [1.807, 2.05) is 12.1 Å². The summed E-state index contributed by atoms with van der Waals surface area (Å²) in [6.07, 6.45) is 4.41. The molecule has 2 aromatic rings. The van der Waals surface area contributed by atoms with Gasteiger partial charge >= 0.3 is 0 Å². The van der Waals surface area contributed by atoms with Gasteiger partial charge in [-0.2, -0.15) is 0 Å². The molecule has 3 fully saturated rings. The molecule has 3 saturated heterocycles. The van der Waals surface area contributed by atoms with Gasteiger partial charge in [0.2, 0.25) is 0 Å². The largest absolute Gasteiger partial charge is 0.490 e. The maximum absolute atomic E-state index is 13.1. The van der Waals surface area contributed by atoms with Crippen LogP contribution in [0.25, 0.3) is 0 Å². The van der Waals surface area contributed by atoms with Crippen LogP contribution in [0.4, 0.5) is 0 Å². The molecule has 2 amide bonds. The molecule has 5 rings (SSSR count). The van der Waals surface area contributed by atoms with Crippen molar-refractivity contribution in [2.75, 3.05) is 52.6 Å². The SMILES string of the molecule is O=C(c1ccc(OCC2CCCO2)c(Br)c1)N1CCN(C(=O)c2ccc(OCC3CCCO3)c(Br)c2)CC1. The quantitative estimate of drug-likeness (QED) is 0.403. The van der Waals surface area contributed by atoms with Crippen LogP contribution < -0.4 is 9.47 Å². The van der Waals surface area contributed by atoms with Gasteiger partial charge in [0, 0.05) is 50.5 Å². The first kappa shape index (κ1) is 27.4. The fourth-order valence-electron chi connectivity index (χ4n) is 4.90. The number of nitrogens with zero attached hydrogens (tertiary/aromatic N) is 2. The van der Waals surface area contributed by atoms with E-state index in [1.165, 1.54) is 0 Å². The number of piperazine rings is 1. The second kappa shape index (κ2) is 12.8. The van der Waals surface area contributed by atoms with E-state index in [0.29, 0.717) is 62.0 Å². The average Bonchev–Trinajstić information content (AvgIpc) is 3.66. The van der Waals surface area contributed by atoms with Crippen molar-refractivity contribution in [3.05, 3.63) is 56.5 Å². The van der Waals surface area contributed by atoms with Gasteiger partial charge in [-0.3, -0.25) is 9.59 Å². The molecule has 0 saturated carbocycles. The zero-order valence-corrected chi connectivity index (χ0v) is 24.4. The molecule has 38 heavy (non-hydrogen) atoms.